The van der Waals surface area contributed by atoms with Crippen LogP contribution in [0, 0.1) is 0 Å². The highest BCUT2D eigenvalue weighted by Gasteiger charge is 2.36. The van der Waals surface area contributed by atoms with Gasteiger partial charge in [0.1, 0.15) is 0 Å². The van der Waals surface area contributed by atoms with Crippen molar-refractivity contribution in [3.63, 3.8) is 0 Å². The fourth-order valence-corrected chi connectivity index (χ4v) is 3.49. The predicted octanol–water partition coefficient (Wildman–Crippen LogP) is 4.30. The van der Waals surface area contributed by atoms with E-state index in [1.165, 1.54) is 35.6 Å². The quantitative estimate of drug-likeness (QED) is 0.445. The summed E-state index contributed by atoms with van der Waals surface area (Å²) in [6.45, 7) is 1.90. The number of nitrogens with zero attached hydrogens (tertiary/aromatic N) is 4. The normalized spacial score (nSPS) is 11.5. The molecule has 12 heteroatoms. The van der Waals surface area contributed by atoms with Crippen molar-refractivity contribution in [2.45, 2.75) is 13.1 Å². The molecule has 0 radical (unpaired) electrons. The van der Waals surface area contributed by atoms with E-state index < -0.39 is 29.6 Å². The number of benzene rings is 1. The Morgan fingerprint density at radius 2 is 1.91 bits per heavy atom. The van der Waals surface area contributed by atoms with Crippen LogP contribution >= 0.6 is 11.3 Å². The van der Waals surface area contributed by atoms with Gasteiger partial charge in [0.25, 0.3) is 11.7 Å². The lowest BCUT2D eigenvalue weighted by atomic mass is 10.2. The molecule has 3 aromatic heterocycles. The van der Waals surface area contributed by atoms with Crippen molar-refractivity contribution in [2.75, 3.05) is 11.9 Å². The molecule has 0 spiro atoms. The third-order valence-electron chi connectivity index (χ3n) is 4.23. The van der Waals surface area contributed by atoms with Gasteiger partial charge in [0.15, 0.2) is 5.69 Å². The zero-order valence-electron chi connectivity index (χ0n) is 16.4. The van der Waals surface area contributed by atoms with Gasteiger partial charge in [0.2, 0.25) is 5.82 Å². The topological polar surface area (TPSA) is 98.5 Å². The smallest absolute Gasteiger partial charge is 0.433 e. The van der Waals surface area contributed by atoms with Crippen molar-refractivity contribution in [2.24, 2.45) is 0 Å². The summed E-state index contributed by atoms with van der Waals surface area (Å²) in [4.78, 5) is 32.7. The highest BCUT2D eigenvalue weighted by atomic mass is 32.1. The molecule has 0 aliphatic rings. The number of rotatable bonds is 5. The Labute approximate surface area is 182 Å². The molecule has 4 rings (SSSR count). The first kappa shape index (κ1) is 21.4. The van der Waals surface area contributed by atoms with Gasteiger partial charge in [0.05, 0.1) is 22.7 Å². The molecule has 0 aliphatic heterocycles. The molecule has 1 aromatic carbocycles. The van der Waals surface area contributed by atoms with Gasteiger partial charge < -0.3 is 10.1 Å². The van der Waals surface area contributed by atoms with Gasteiger partial charge >= 0.3 is 12.1 Å². The number of carbonyl (C=O) groups is 2. The molecule has 0 saturated heterocycles. The number of halogens is 3. The van der Waals surface area contributed by atoms with Gasteiger partial charge in [-0.25, -0.2) is 9.78 Å². The third-order valence-corrected chi connectivity index (χ3v) is 5.13. The molecule has 8 nitrogen and oxygen atoms in total. The molecule has 0 unspecified atom stereocenters. The highest BCUT2D eigenvalue weighted by molar-refractivity contribution is 7.13. The fourth-order valence-electron chi connectivity index (χ4n) is 2.81. The van der Waals surface area contributed by atoms with Crippen molar-refractivity contribution in [3.05, 3.63) is 64.9 Å². The molecular formula is C20H14F3N5O3S. The maximum absolute atomic E-state index is 13.6. The minimum Gasteiger partial charge on any atom is -0.462 e. The van der Waals surface area contributed by atoms with Crippen molar-refractivity contribution in [1.29, 1.82) is 0 Å². The van der Waals surface area contributed by atoms with Gasteiger partial charge in [-0.05, 0) is 48.7 Å². The van der Waals surface area contributed by atoms with Crippen LogP contribution < -0.4 is 5.32 Å². The lowest BCUT2D eigenvalue weighted by Gasteiger charge is -2.09. The first-order valence-corrected chi connectivity index (χ1v) is 10.1. The number of anilines is 1. The molecule has 0 bridgehead atoms. The van der Waals surface area contributed by atoms with Crippen molar-refractivity contribution < 1.29 is 27.5 Å². The van der Waals surface area contributed by atoms with Crippen LogP contribution in [-0.2, 0) is 10.9 Å². The summed E-state index contributed by atoms with van der Waals surface area (Å²) in [7, 11) is 0. The number of alkyl halides is 3. The Morgan fingerprint density at radius 3 is 2.53 bits per heavy atom. The zero-order chi connectivity index (χ0) is 22.9. The lowest BCUT2D eigenvalue weighted by Crippen LogP contribution is -2.16. The Bertz CT molecular complexity index is 1280. The molecule has 164 valence electrons. The molecule has 0 fully saturated rings. The van der Waals surface area contributed by atoms with Gasteiger partial charge in [-0.1, -0.05) is 6.07 Å². The number of fused-ring (bicyclic) bond motifs is 1. The van der Waals surface area contributed by atoms with Crippen LogP contribution in [0.15, 0.2) is 47.8 Å². The monoisotopic (exact) mass is 461 g/mol. The van der Waals surface area contributed by atoms with E-state index >= 15 is 0 Å². The summed E-state index contributed by atoms with van der Waals surface area (Å²) in [5, 5.41) is 7.90. The number of esters is 1. The Kier molecular flexibility index (Phi) is 5.61. The number of amides is 1. The second-order valence-corrected chi connectivity index (χ2v) is 7.35. The SMILES string of the molecule is CCOC(=O)c1ccc(NC(=O)c2nc3nc(-c4cccs4)cc(C(F)(F)F)n3n2)cc1. The Balaban J connectivity index is 1.64. The molecule has 0 aliphatic carbocycles. The van der Waals surface area contributed by atoms with E-state index in [4.69, 9.17) is 4.74 Å². The standard InChI is InChI=1S/C20H14F3N5O3S/c1-2-31-18(30)11-5-7-12(8-6-11)24-17(29)16-26-19-25-13(14-4-3-9-32-14)10-15(20(21,22)23)28(19)27-16/h3-10H,2H2,1H3,(H,24,29). The Hall–Kier alpha value is -3.80. The van der Waals surface area contributed by atoms with Crippen LogP contribution in [0.1, 0.15) is 33.6 Å². The van der Waals surface area contributed by atoms with E-state index in [0.29, 0.717) is 15.1 Å². The lowest BCUT2D eigenvalue weighted by molar-refractivity contribution is -0.142. The van der Waals surface area contributed by atoms with Crippen molar-refractivity contribution >= 4 is 34.7 Å². The van der Waals surface area contributed by atoms with Crippen LogP contribution in [-0.4, -0.2) is 38.1 Å². The van der Waals surface area contributed by atoms with Gasteiger partial charge in [-0.2, -0.15) is 22.7 Å². The number of nitrogens with one attached hydrogen (secondary N) is 1. The van der Waals surface area contributed by atoms with E-state index in [-0.39, 0.29) is 23.6 Å². The van der Waals surface area contributed by atoms with E-state index in [9.17, 15) is 22.8 Å². The predicted molar refractivity (Wildman–Crippen MR) is 109 cm³/mol. The van der Waals surface area contributed by atoms with E-state index in [1.807, 2.05) is 0 Å². The second-order valence-electron chi connectivity index (χ2n) is 6.40. The number of ether oxygens (including phenoxy) is 1. The molecule has 1 amide bonds. The number of hydrogen-bond donors (Lipinski definition) is 1. The summed E-state index contributed by atoms with van der Waals surface area (Å²) < 4.78 is 46.2. The van der Waals surface area contributed by atoms with Crippen LogP contribution in [0.3, 0.4) is 0 Å². The minimum atomic E-state index is -4.74. The maximum atomic E-state index is 13.6. The van der Waals surface area contributed by atoms with E-state index in [2.05, 4.69) is 20.4 Å². The highest BCUT2D eigenvalue weighted by Crippen LogP contribution is 2.33. The zero-order valence-corrected chi connectivity index (χ0v) is 17.2. The van der Waals surface area contributed by atoms with Gasteiger partial charge in [-0.3, -0.25) is 4.79 Å². The van der Waals surface area contributed by atoms with E-state index in [0.717, 1.165) is 6.07 Å². The summed E-state index contributed by atoms with van der Waals surface area (Å²) in [6, 6.07) is 9.98. The Morgan fingerprint density at radius 1 is 1.16 bits per heavy atom. The average molecular weight is 461 g/mol. The van der Waals surface area contributed by atoms with Crippen molar-refractivity contribution in [3.8, 4) is 10.6 Å². The number of hydrogen-bond acceptors (Lipinski definition) is 7. The fraction of sp³-hybridized carbons (Fsp3) is 0.150. The van der Waals surface area contributed by atoms with Gasteiger partial charge in [0, 0.05) is 5.69 Å². The van der Waals surface area contributed by atoms with Gasteiger partial charge in [-0.15, -0.1) is 16.4 Å². The molecular weight excluding hydrogens is 447 g/mol. The molecule has 0 atom stereocenters. The molecule has 4 aromatic rings. The molecule has 32 heavy (non-hydrogen) atoms. The largest absolute Gasteiger partial charge is 0.462 e. The average Bonchev–Trinajstić information content (AvgIpc) is 3.43. The van der Waals surface area contributed by atoms with Crippen LogP contribution in [0.2, 0.25) is 0 Å². The van der Waals surface area contributed by atoms with Crippen LogP contribution in [0.4, 0.5) is 18.9 Å². The first-order valence-electron chi connectivity index (χ1n) is 9.23. The molecule has 3 heterocycles. The summed E-state index contributed by atoms with van der Waals surface area (Å²) in [5.41, 5.74) is -0.439. The summed E-state index contributed by atoms with van der Waals surface area (Å²) in [6.07, 6.45) is -4.74. The molecule has 0 saturated carbocycles. The third kappa shape index (κ3) is 4.30. The summed E-state index contributed by atoms with van der Waals surface area (Å²) >= 11 is 1.23. The second kappa shape index (κ2) is 8.38. The molecule has 1 N–H and O–H groups in total. The minimum absolute atomic E-state index is 0.0775. The number of thiophene rings is 1. The maximum Gasteiger partial charge on any atom is 0.433 e. The number of carbonyl (C=O) groups excluding carboxylic acids is 2. The first-order chi connectivity index (χ1) is 15.3. The van der Waals surface area contributed by atoms with E-state index in [1.54, 1.807) is 24.4 Å². The van der Waals surface area contributed by atoms with Crippen LogP contribution in [0.5, 0.6) is 0 Å². The van der Waals surface area contributed by atoms with Crippen molar-refractivity contribution in [1.82, 2.24) is 19.6 Å². The number of aromatic nitrogens is 4. The summed E-state index contributed by atoms with van der Waals surface area (Å²) in [5.74, 6) is -2.18. The van der Waals surface area contributed by atoms with Crippen LogP contribution in [0.25, 0.3) is 16.3 Å².